The average molecular weight is 522 g/mol. The van der Waals surface area contributed by atoms with Gasteiger partial charge in [0.2, 0.25) is 5.91 Å². The zero-order valence-corrected chi connectivity index (χ0v) is 20.1. The quantitative estimate of drug-likeness (QED) is 0.228. The maximum Gasteiger partial charge on any atom is 0.241 e. The van der Waals surface area contributed by atoms with Gasteiger partial charge in [-0.25, -0.2) is 4.99 Å². The predicted molar refractivity (Wildman–Crippen MR) is 133 cm³/mol. The number of rotatable bonds is 9. The van der Waals surface area contributed by atoms with Gasteiger partial charge in [0.1, 0.15) is 12.4 Å². The van der Waals surface area contributed by atoms with Gasteiger partial charge in [0.05, 0.1) is 19.1 Å². The first kappa shape index (κ1) is 25.5. The van der Waals surface area contributed by atoms with Crippen LogP contribution in [-0.4, -0.2) is 44.0 Å². The van der Waals surface area contributed by atoms with Crippen LogP contribution in [0.2, 0.25) is 0 Å². The Kier molecular flexibility index (Phi) is 11.6. The van der Waals surface area contributed by atoms with Crippen LogP contribution in [0, 0.1) is 0 Å². The van der Waals surface area contributed by atoms with Gasteiger partial charge in [-0.15, -0.1) is 24.0 Å². The Morgan fingerprint density at radius 2 is 1.83 bits per heavy atom. The third kappa shape index (κ3) is 8.44. The summed E-state index contributed by atoms with van der Waals surface area (Å²) in [7, 11) is 3.46. The largest absolute Gasteiger partial charge is 0.489 e. The summed E-state index contributed by atoms with van der Waals surface area (Å²) >= 11 is 0. The van der Waals surface area contributed by atoms with E-state index in [-0.39, 0.29) is 42.5 Å². The highest BCUT2D eigenvalue weighted by Crippen LogP contribution is 2.19. The summed E-state index contributed by atoms with van der Waals surface area (Å²) < 4.78 is 5.71. The molecule has 0 aliphatic carbocycles. The van der Waals surface area contributed by atoms with Crippen molar-refractivity contribution >= 4 is 35.8 Å². The van der Waals surface area contributed by atoms with Crippen LogP contribution in [0.3, 0.4) is 0 Å². The molecule has 30 heavy (non-hydrogen) atoms. The molecule has 0 heterocycles. The third-order valence-electron chi connectivity index (χ3n) is 4.30. The van der Waals surface area contributed by atoms with Gasteiger partial charge in [0.15, 0.2) is 5.96 Å². The minimum atomic E-state index is -0.0263. The Morgan fingerprint density at radius 3 is 2.50 bits per heavy atom. The van der Waals surface area contributed by atoms with Gasteiger partial charge in [-0.05, 0) is 18.6 Å². The van der Waals surface area contributed by atoms with Crippen molar-refractivity contribution in [2.24, 2.45) is 4.99 Å². The lowest BCUT2D eigenvalue weighted by atomic mass is 10.1. The molecule has 1 amide bonds. The van der Waals surface area contributed by atoms with E-state index < -0.39 is 0 Å². The number of para-hydroxylation sites is 1. The molecule has 2 N–H and O–H groups in total. The van der Waals surface area contributed by atoms with Crippen molar-refractivity contribution in [3.8, 4) is 5.75 Å². The average Bonchev–Trinajstić information content (AvgIpc) is 2.74. The van der Waals surface area contributed by atoms with E-state index in [0.29, 0.717) is 19.1 Å². The number of aliphatic imine (C=N–C) groups is 1. The highest BCUT2D eigenvalue weighted by atomic mass is 127. The fraction of sp³-hybridized carbons (Fsp3) is 0.304. The van der Waals surface area contributed by atoms with E-state index in [1.807, 2.05) is 42.5 Å². The van der Waals surface area contributed by atoms with E-state index in [2.05, 4.69) is 41.3 Å². The summed E-state index contributed by atoms with van der Waals surface area (Å²) in [5, 5.41) is 6.50. The fourth-order valence-electron chi connectivity index (χ4n) is 2.59. The van der Waals surface area contributed by atoms with Crippen LogP contribution < -0.4 is 15.4 Å². The molecule has 2 aromatic rings. The lowest BCUT2D eigenvalue weighted by Crippen LogP contribution is -2.43. The van der Waals surface area contributed by atoms with Gasteiger partial charge in [-0.2, -0.15) is 0 Å². The molecule has 1 unspecified atom stereocenters. The van der Waals surface area contributed by atoms with Crippen LogP contribution in [0.25, 0.3) is 0 Å². The zero-order chi connectivity index (χ0) is 21.1. The van der Waals surface area contributed by atoms with Crippen molar-refractivity contribution in [3.63, 3.8) is 0 Å². The second kappa shape index (κ2) is 13.6. The summed E-state index contributed by atoms with van der Waals surface area (Å²) in [4.78, 5) is 18.2. The number of benzene rings is 2. The Balaban J connectivity index is 0.00000450. The van der Waals surface area contributed by atoms with E-state index in [1.165, 1.54) is 0 Å². The van der Waals surface area contributed by atoms with Crippen molar-refractivity contribution in [2.45, 2.75) is 19.5 Å². The molecule has 2 rings (SSSR count). The number of nitrogens with zero attached hydrogens (tertiary/aromatic N) is 2. The number of carbonyl (C=O) groups is 1. The zero-order valence-electron chi connectivity index (χ0n) is 17.8. The molecular weight excluding hydrogens is 491 g/mol. The topological polar surface area (TPSA) is 66.0 Å². The van der Waals surface area contributed by atoms with Gasteiger partial charge in [-0.1, -0.05) is 61.2 Å². The van der Waals surface area contributed by atoms with Crippen LogP contribution in [0.4, 0.5) is 0 Å². The number of likely N-dealkylation sites (N-methyl/N-ethyl adjacent to an activating group) is 1. The Hall–Kier alpha value is -2.55. The van der Waals surface area contributed by atoms with Crippen molar-refractivity contribution in [1.29, 1.82) is 0 Å². The molecule has 0 fully saturated rings. The standard InChI is InChI=1S/C23H30N4O2.HI/c1-5-15-29-21-14-10-9-13-20(21)16-24-23(25-17-22(28)27(3)4)26-18(2)19-11-7-6-8-12-19;/h5-14,18H,1,15-17H2,2-4H3,(H2,24,25,26);1H. The Morgan fingerprint density at radius 1 is 1.17 bits per heavy atom. The second-order valence-electron chi connectivity index (χ2n) is 6.79. The molecule has 1 atom stereocenters. The molecule has 0 radical (unpaired) electrons. The molecule has 7 heteroatoms. The lowest BCUT2D eigenvalue weighted by molar-refractivity contribution is -0.127. The van der Waals surface area contributed by atoms with Crippen molar-refractivity contribution in [1.82, 2.24) is 15.5 Å². The lowest BCUT2D eigenvalue weighted by Gasteiger charge is -2.20. The number of nitrogens with one attached hydrogen (secondary N) is 2. The smallest absolute Gasteiger partial charge is 0.241 e. The minimum Gasteiger partial charge on any atom is -0.489 e. The number of amides is 1. The first-order valence-electron chi connectivity index (χ1n) is 9.62. The summed E-state index contributed by atoms with van der Waals surface area (Å²) in [5.41, 5.74) is 2.09. The summed E-state index contributed by atoms with van der Waals surface area (Å²) in [6.45, 7) is 6.76. The monoisotopic (exact) mass is 522 g/mol. The van der Waals surface area contributed by atoms with E-state index >= 15 is 0 Å². The van der Waals surface area contributed by atoms with E-state index in [4.69, 9.17) is 4.74 Å². The highest BCUT2D eigenvalue weighted by molar-refractivity contribution is 14.0. The molecule has 0 aliphatic rings. The molecule has 2 aromatic carbocycles. The number of halogens is 1. The van der Waals surface area contributed by atoms with E-state index in [9.17, 15) is 4.79 Å². The van der Waals surface area contributed by atoms with E-state index in [1.54, 1.807) is 25.1 Å². The van der Waals surface area contributed by atoms with Crippen LogP contribution in [0.5, 0.6) is 5.75 Å². The maximum absolute atomic E-state index is 12.0. The molecule has 0 spiro atoms. The van der Waals surface area contributed by atoms with Gasteiger partial charge in [-0.3, -0.25) is 4.79 Å². The summed E-state index contributed by atoms with van der Waals surface area (Å²) in [6, 6.07) is 17.9. The van der Waals surface area contributed by atoms with E-state index in [0.717, 1.165) is 16.9 Å². The molecule has 0 saturated carbocycles. The number of carbonyl (C=O) groups excluding carboxylic acids is 1. The molecule has 0 aliphatic heterocycles. The highest BCUT2D eigenvalue weighted by Gasteiger charge is 2.11. The van der Waals surface area contributed by atoms with Gasteiger partial charge < -0.3 is 20.3 Å². The molecule has 0 aromatic heterocycles. The molecule has 0 saturated heterocycles. The number of hydrogen-bond acceptors (Lipinski definition) is 3. The van der Waals surface area contributed by atoms with Crippen LogP contribution >= 0.6 is 24.0 Å². The minimum absolute atomic E-state index is 0. The van der Waals surface area contributed by atoms with Crippen LogP contribution in [0.1, 0.15) is 24.1 Å². The number of hydrogen-bond donors (Lipinski definition) is 2. The first-order chi connectivity index (χ1) is 14.0. The molecule has 162 valence electrons. The van der Waals surface area contributed by atoms with Gasteiger partial charge in [0.25, 0.3) is 0 Å². The van der Waals surface area contributed by atoms with Gasteiger partial charge >= 0.3 is 0 Å². The van der Waals surface area contributed by atoms with Crippen molar-refractivity contribution in [2.75, 3.05) is 27.2 Å². The summed E-state index contributed by atoms with van der Waals surface area (Å²) in [6.07, 6.45) is 1.71. The predicted octanol–water partition coefficient (Wildman–Crippen LogP) is 3.75. The fourth-order valence-corrected chi connectivity index (χ4v) is 2.59. The van der Waals surface area contributed by atoms with Gasteiger partial charge in [0, 0.05) is 19.7 Å². The first-order valence-corrected chi connectivity index (χ1v) is 9.62. The molecule has 0 bridgehead atoms. The van der Waals surface area contributed by atoms with Crippen molar-refractivity contribution in [3.05, 3.63) is 78.4 Å². The van der Waals surface area contributed by atoms with Crippen LogP contribution in [0.15, 0.2) is 72.2 Å². The third-order valence-corrected chi connectivity index (χ3v) is 4.30. The number of guanidine groups is 1. The number of ether oxygens (including phenoxy) is 1. The Bertz CT molecular complexity index is 825. The van der Waals surface area contributed by atoms with Crippen LogP contribution in [-0.2, 0) is 11.3 Å². The SMILES string of the molecule is C=CCOc1ccccc1CN=C(NCC(=O)N(C)C)NC(C)c1ccccc1.I. The molecule has 6 nitrogen and oxygen atoms in total. The maximum atomic E-state index is 12.0. The second-order valence-corrected chi connectivity index (χ2v) is 6.79. The normalized spacial score (nSPS) is 11.6. The molecular formula is C23H31IN4O2. The van der Waals surface area contributed by atoms with Crippen molar-refractivity contribution < 1.29 is 9.53 Å². The Labute approximate surface area is 196 Å². The summed E-state index contributed by atoms with van der Waals surface area (Å²) in [5.74, 6) is 1.31.